The van der Waals surface area contributed by atoms with Crippen molar-refractivity contribution < 1.29 is 10.0 Å². The maximum atomic E-state index is 10.8. The third-order valence-electron chi connectivity index (χ3n) is 3.08. The molecule has 1 heterocycles. The molecular formula is C14H18N4O3. The van der Waals surface area contributed by atoms with Gasteiger partial charge in [0, 0.05) is 24.1 Å². The molecule has 1 aromatic carbocycles. The highest BCUT2D eigenvalue weighted by atomic mass is 16.6. The summed E-state index contributed by atoms with van der Waals surface area (Å²) in [5, 5.41) is 24.3. The lowest BCUT2D eigenvalue weighted by Crippen LogP contribution is -2.21. The number of fused-ring (bicyclic) bond motifs is 1. The summed E-state index contributed by atoms with van der Waals surface area (Å²) in [6, 6.07) is 4.43. The van der Waals surface area contributed by atoms with E-state index in [4.69, 9.17) is 0 Å². The second kappa shape index (κ2) is 6.45. The molecule has 0 bridgehead atoms. The Morgan fingerprint density at radius 1 is 1.38 bits per heavy atom. The number of hydrogen-bond acceptors (Lipinski definition) is 6. The highest BCUT2D eigenvalue weighted by Crippen LogP contribution is 2.24. The Morgan fingerprint density at radius 2 is 2.14 bits per heavy atom. The maximum Gasteiger partial charge on any atom is 0.270 e. The monoisotopic (exact) mass is 290 g/mol. The molecule has 1 atom stereocenters. The Kier molecular flexibility index (Phi) is 4.64. The van der Waals surface area contributed by atoms with Crippen molar-refractivity contribution in [1.29, 1.82) is 0 Å². The maximum absolute atomic E-state index is 10.8. The van der Waals surface area contributed by atoms with Crippen molar-refractivity contribution in [3.63, 3.8) is 0 Å². The van der Waals surface area contributed by atoms with Crippen LogP contribution < -0.4 is 5.32 Å². The van der Waals surface area contributed by atoms with E-state index in [1.807, 2.05) is 13.8 Å². The summed E-state index contributed by atoms with van der Waals surface area (Å²) in [6.45, 7) is 4.41. The number of nitrogens with one attached hydrogen (secondary N) is 1. The fourth-order valence-electron chi connectivity index (χ4n) is 2.14. The summed E-state index contributed by atoms with van der Waals surface area (Å²) in [4.78, 5) is 18.6. The molecule has 0 fully saturated rings. The topological polar surface area (TPSA) is 101 Å². The zero-order valence-corrected chi connectivity index (χ0v) is 12.0. The SMILES string of the molecule is CC(C)CC(O)CNc1ncnc2ccc([N+](=O)[O-])cc12. The first kappa shape index (κ1) is 15.1. The van der Waals surface area contributed by atoms with Crippen LogP contribution >= 0.6 is 0 Å². The van der Waals surface area contributed by atoms with Crippen LogP contribution in [0.25, 0.3) is 10.9 Å². The summed E-state index contributed by atoms with van der Waals surface area (Å²) in [5.41, 5.74) is 0.611. The van der Waals surface area contributed by atoms with E-state index in [-0.39, 0.29) is 5.69 Å². The standard InChI is InChI=1S/C14H18N4O3/c1-9(2)5-11(19)7-15-14-12-6-10(18(20)21)3-4-13(12)16-8-17-14/h3-4,6,8-9,11,19H,5,7H2,1-2H3,(H,15,16,17). The predicted molar refractivity (Wildman–Crippen MR) is 80.1 cm³/mol. The van der Waals surface area contributed by atoms with Gasteiger partial charge in [0.25, 0.3) is 5.69 Å². The van der Waals surface area contributed by atoms with Crippen molar-refractivity contribution in [2.75, 3.05) is 11.9 Å². The number of non-ortho nitro benzene ring substituents is 1. The van der Waals surface area contributed by atoms with Crippen molar-refractivity contribution in [3.05, 3.63) is 34.6 Å². The average molecular weight is 290 g/mol. The van der Waals surface area contributed by atoms with Gasteiger partial charge in [-0.25, -0.2) is 9.97 Å². The van der Waals surface area contributed by atoms with Gasteiger partial charge in [0.15, 0.2) is 0 Å². The summed E-state index contributed by atoms with van der Waals surface area (Å²) >= 11 is 0. The number of hydrogen-bond donors (Lipinski definition) is 2. The Morgan fingerprint density at radius 3 is 2.81 bits per heavy atom. The van der Waals surface area contributed by atoms with Gasteiger partial charge in [-0.2, -0.15) is 0 Å². The van der Waals surface area contributed by atoms with Gasteiger partial charge in [0.05, 0.1) is 16.5 Å². The van der Waals surface area contributed by atoms with E-state index in [1.54, 1.807) is 6.07 Å². The van der Waals surface area contributed by atoms with E-state index in [0.717, 1.165) is 0 Å². The van der Waals surface area contributed by atoms with Crippen LogP contribution in [0.2, 0.25) is 0 Å². The summed E-state index contributed by atoms with van der Waals surface area (Å²) < 4.78 is 0. The van der Waals surface area contributed by atoms with Crippen LogP contribution in [0.15, 0.2) is 24.5 Å². The van der Waals surface area contributed by atoms with Crippen LogP contribution in [0, 0.1) is 16.0 Å². The van der Waals surface area contributed by atoms with Crippen molar-refractivity contribution in [3.8, 4) is 0 Å². The minimum Gasteiger partial charge on any atom is -0.391 e. The lowest BCUT2D eigenvalue weighted by Gasteiger charge is -2.14. The average Bonchev–Trinajstić information content (AvgIpc) is 2.43. The highest BCUT2D eigenvalue weighted by molar-refractivity contribution is 5.90. The van der Waals surface area contributed by atoms with Crippen molar-refractivity contribution in [2.45, 2.75) is 26.4 Å². The molecule has 7 nitrogen and oxygen atoms in total. The first-order valence-electron chi connectivity index (χ1n) is 6.78. The fraction of sp³-hybridized carbons (Fsp3) is 0.429. The molecular weight excluding hydrogens is 272 g/mol. The first-order valence-corrected chi connectivity index (χ1v) is 6.78. The van der Waals surface area contributed by atoms with E-state index in [2.05, 4.69) is 15.3 Å². The molecule has 0 spiro atoms. The highest BCUT2D eigenvalue weighted by Gasteiger charge is 2.12. The smallest absolute Gasteiger partial charge is 0.270 e. The fourth-order valence-corrected chi connectivity index (χ4v) is 2.14. The third-order valence-corrected chi connectivity index (χ3v) is 3.08. The molecule has 1 aromatic heterocycles. The molecule has 2 rings (SSSR count). The van der Waals surface area contributed by atoms with E-state index in [1.165, 1.54) is 18.5 Å². The van der Waals surface area contributed by atoms with E-state index in [9.17, 15) is 15.2 Å². The molecule has 2 N–H and O–H groups in total. The van der Waals surface area contributed by atoms with Gasteiger partial charge in [-0.05, 0) is 18.4 Å². The second-order valence-corrected chi connectivity index (χ2v) is 5.35. The molecule has 0 aliphatic carbocycles. The molecule has 0 aliphatic rings. The number of nitrogens with zero attached hydrogens (tertiary/aromatic N) is 3. The zero-order valence-electron chi connectivity index (χ0n) is 12.0. The molecule has 0 radical (unpaired) electrons. The number of aliphatic hydroxyl groups excluding tert-OH is 1. The molecule has 0 saturated carbocycles. The first-order chi connectivity index (χ1) is 9.97. The van der Waals surface area contributed by atoms with Crippen LogP contribution in [0.3, 0.4) is 0 Å². The molecule has 1 unspecified atom stereocenters. The molecule has 21 heavy (non-hydrogen) atoms. The third kappa shape index (κ3) is 3.85. The van der Waals surface area contributed by atoms with Gasteiger partial charge in [-0.1, -0.05) is 13.8 Å². The summed E-state index contributed by atoms with van der Waals surface area (Å²) in [6.07, 6.45) is 1.58. The summed E-state index contributed by atoms with van der Waals surface area (Å²) in [5.74, 6) is 0.886. The number of nitro benzene ring substituents is 1. The van der Waals surface area contributed by atoms with Gasteiger partial charge in [0.1, 0.15) is 12.1 Å². The number of anilines is 1. The Labute approximate surface area is 122 Å². The normalized spacial score (nSPS) is 12.6. The van der Waals surface area contributed by atoms with Gasteiger partial charge in [0.2, 0.25) is 0 Å². The molecule has 2 aromatic rings. The minimum absolute atomic E-state index is 0.0110. The lowest BCUT2D eigenvalue weighted by atomic mass is 10.1. The number of rotatable bonds is 6. The van der Waals surface area contributed by atoms with Crippen LogP contribution in [0.5, 0.6) is 0 Å². The van der Waals surface area contributed by atoms with Crippen LogP contribution in [-0.2, 0) is 0 Å². The van der Waals surface area contributed by atoms with Gasteiger partial charge in [-0.3, -0.25) is 10.1 Å². The number of aliphatic hydroxyl groups is 1. The molecule has 7 heteroatoms. The van der Waals surface area contributed by atoms with E-state index < -0.39 is 11.0 Å². The summed E-state index contributed by atoms with van der Waals surface area (Å²) in [7, 11) is 0. The molecule has 112 valence electrons. The predicted octanol–water partition coefficient (Wildman–Crippen LogP) is 2.36. The molecule has 0 saturated heterocycles. The van der Waals surface area contributed by atoms with Crippen LogP contribution in [-0.4, -0.2) is 32.6 Å². The Balaban J connectivity index is 2.22. The van der Waals surface area contributed by atoms with Crippen molar-refractivity contribution in [1.82, 2.24) is 9.97 Å². The largest absolute Gasteiger partial charge is 0.391 e. The molecule has 0 amide bonds. The minimum atomic E-state index is -0.492. The second-order valence-electron chi connectivity index (χ2n) is 5.35. The molecule has 0 aliphatic heterocycles. The van der Waals surface area contributed by atoms with Gasteiger partial charge < -0.3 is 10.4 Å². The zero-order chi connectivity index (χ0) is 15.4. The van der Waals surface area contributed by atoms with Crippen LogP contribution in [0.4, 0.5) is 11.5 Å². The van der Waals surface area contributed by atoms with Crippen molar-refractivity contribution in [2.24, 2.45) is 5.92 Å². The quantitative estimate of drug-likeness (QED) is 0.625. The van der Waals surface area contributed by atoms with Gasteiger partial charge in [-0.15, -0.1) is 0 Å². The lowest BCUT2D eigenvalue weighted by molar-refractivity contribution is -0.384. The Hall–Kier alpha value is -2.28. The van der Waals surface area contributed by atoms with Crippen LogP contribution in [0.1, 0.15) is 20.3 Å². The number of nitro groups is 1. The number of aromatic nitrogens is 2. The van der Waals surface area contributed by atoms with Crippen molar-refractivity contribution >= 4 is 22.4 Å². The number of benzene rings is 1. The Bertz CT molecular complexity index is 645. The van der Waals surface area contributed by atoms with E-state index >= 15 is 0 Å². The van der Waals surface area contributed by atoms with E-state index in [0.29, 0.717) is 35.6 Å². The van der Waals surface area contributed by atoms with Gasteiger partial charge >= 0.3 is 0 Å².